The van der Waals surface area contributed by atoms with Crippen LogP contribution in [0.3, 0.4) is 0 Å². The summed E-state index contributed by atoms with van der Waals surface area (Å²) in [6.07, 6.45) is -0.303. The summed E-state index contributed by atoms with van der Waals surface area (Å²) in [5, 5.41) is 11.0. The molecule has 1 unspecified atom stereocenters. The molecule has 120 valence electrons. The summed E-state index contributed by atoms with van der Waals surface area (Å²) in [7, 11) is 0. The number of anilines is 1. The van der Waals surface area contributed by atoms with E-state index in [1.165, 1.54) is 4.90 Å². The number of likely N-dealkylation sites (N-methyl/N-ethyl adjacent to an activating group) is 1. The summed E-state index contributed by atoms with van der Waals surface area (Å²) in [4.78, 5) is 27.1. The number of hydrogen-bond acceptors (Lipinski definition) is 4. The van der Waals surface area contributed by atoms with Crippen LogP contribution in [-0.4, -0.2) is 23.3 Å². The zero-order valence-corrected chi connectivity index (χ0v) is 15.3. The fourth-order valence-corrected chi connectivity index (χ4v) is 4.13. The van der Waals surface area contributed by atoms with Gasteiger partial charge < -0.3 is 10.0 Å². The maximum absolute atomic E-state index is 12.7. The number of benzene rings is 1. The van der Waals surface area contributed by atoms with E-state index in [9.17, 15) is 14.7 Å². The lowest BCUT2D eigenvalue weighted by Crippen LogP contribution is -2.41. The summed E-state index contributed by atoms with van der Waals surface area (Å²) in [5.74, 6) is -0.772. The number of Topliss-reactive ketones (excluding diaryl/α,β-unsaturated/α-hetero) is 1. The summed E-state index contributed by atoms with van der Waals surface area (Å²) >= 11 is 10.3. The topological polar surface area (TPSA) is 57.6 Å². The van der Waals surface area contributed by atoms with E-state index in [1.807, 2.05) is 6.92 Å². The molecule has 2 aromatic rings. The lowest BCUT2D eigenvalue weighted by molar-refractivity contribution is -0.135. The highest BCUT2D eigenvalue weighted by Crippen LogP contribution is 2.44. The number of carbonyl (C=O) groups is 2. The van der Waals surface area contributed by atoms with Crippen LogP contribution < -0.4 is 4.90 Å². The maximum atomic E-state index is 12.7. The Bertz CT molecular complexity index is 806. The van der Waals surface area contributed by atoms with Crippen LogP contribution in [0.2, 0.25) is 4.34 Å². The molecule has 1 aromatic carbocycles. The summed E-state index contributed by atoms with van der Waals surface area (Å²) in [6.45, 7) is 2.26. The van der Waals surface area contributed by atoms with Crippen molar-refractivity contribution in [2.24, 2.45) is 0 Å². The second kappa shape index (κ2) is 6.02. The molecule has 1 aliphatic rings. The van der Waals surface area contributed by atoms with E-state index in [2.05, 4.69) is 15.9 Å². The fraction of sp³-hybridized carbons (Fsp3) is 0.250. The van der Waals surface area contributed by atoms with Gasteiger partial charge in [-0.05, 0) is 37.3 Å². The average Bonchev–Trinajstić information content (AvgIpc) is 3.02. The summed E-state index contributed by atoms with van der Waals surface area (Å²) in [5.41, 5.74) is -0.752. The van der Waals surface area contributed by atoms with Crippen molar-refractivity contribution in [3.05, 3.63) is 49.6 Å². The number of aliphatic hydroxyl groups is 1. The van der Waals surface area contributed by atoms with Gasteiger partial charge in [0, 0.05) is 16.6 Å². The van der Waals surface area contributed by atoms with Crippen molar-refractivity contribution in [1.82, 2.24) is 0 Å². The highest BCUT2D eigenvalue weighted by Gasteiger charge is 2.50. The van der Waals surface area contributed by atoms with Gasteiger partial charge in [0.25, 0.3) is 5.91 Å². The minimum atomic E-state index is -1.84. The lowest BCUT2D eigenvalue weighted by atomic mass is 9.89. The zero-order chi connectivity index (χ0) is 16.8. The third-order valence-electron chi connectivity index (χ3n) is 3.87. The Morgan fingerprint density at radius 1 is 1.39 bits per heavy atom. The van der Waals surface area contributed by atoms with Crippen LogP contribution >= 0.6 is 38.9 Å². The molecular formula is C16H13BrClNO3S. The predicted octanol–water partition coefficient (Wildman–Crippen LogP) is 3.99. The number of halogens is 2. The van der Waals surface area contributed by atoms with Crippen molar-refractivity contribution in [3.63, 3.8) is 0 Å². The smallest absolute Gasteiger partial charge is 0.264 e. The van der Waals surface area contributed by atoms with Crippen molar-refractivity contribution < 1.29 is 14.7 Å². The monoisotopic (exact) mass is 413 g/mol. The van der Waals surface area contributed by atoms with E-state index in [0.717, 1.165) is 15.8 Å². The second-order valence-electron chi connectivity index (χ2n) is 5.27. The van der Waals surface area contributed by atoms with E-state index in [-0.39, 0.29) is 12.2 Å². The van der Waals surface area contributed by atoms with Crippen LogP contribution in [-0.2, 0) is 10.4 Å². The lowest BCUT2D eigenvalue weighted by Gasteiger charge is -2.21. The number of fused-ring (bicyclic) bond motifs is 1. The summed E-state index contributed by atoms with van der Waals surface area (Å²) in [6, 6.07) is 8.50. The largest absolute Gasteiger partial charge is 0.375 e. The van der Waals surface area contributed by atoms with Gasteiger partial charge >= 0.3 is 0 Å². The fourth-order valence-electron chi connectivity index (χ4n) is 2.79. The SMILES string of the molecule is CCN1C(=O)C(O)(CC(=O)c2ccc(Cl)s2)c2cc(Br)ccc21. The minimum absolute atomic E-state index is 0.303. The molecule has 1 aromatic heterocycles. The van der Waals surface area contributed by atoms with E-state index >= 15 is 0 Å². The van der Waals surface area contributed by atoms with Crippen LogP contribution in [0.1, 0.15) is 28.6 Å². The van der Waals surface area contributed by atoms with Crippen LogP contribution in [0.5, 0.6) is 0 Å². The van der Waals surface area contributed by atoms with Crippen molar-refractivity contribution in [2.45, 2.75) is 18.9 Å². The maximum Gasteiger partial charge on any atom is 0.264 e. The van der Waals surface area contributed by atoms with Crippen LogP contribution in [0, 0.1) is 0 Å². The number of rotatable bonds is 4. The van der Waals surface area contributed by atoms with Crippen molar-refractivity contribution in [2.75, 3.05) is 11.4 Å². The molecule has 23 heavy (non-hydrogen) atoms. The second-order valence-corrected chi connectivity index (χ2v) is 7.91. The zero-order valence-electron chi connectivity index (χ0n) is 12.2. The Kier molecular flexibility index (Phi) is 4.35. The van der Waals surface area contributed by atoms with Gasteiger partial charge in [-0.2, -0.15) is 0 Å². The molecule has 7 heteroatoms. The molecule has 3 rings (SSSR count). The molecular weight excluding hydrogens is 402 g/mol. The molecule has 0 saturated heterocycles. The molecule has 1 atom stereocenters. The third kappa shape index (κ3) is 2.74. The Labute approximate surface area is 150 Å². The van der Waals surface area contributed by atoms with Gasteiger partial charge in [-0.25, -0.2) is 0 Å². The number of thiophene rings is 1. The molecule has 1 aliphatic heterocycles. The molecule has 0 spiro atoms. The Balaban J connectivity index is 2.02. The number of nitrogens with zero attached hydrogens (tertiary/aromatic N) is 1. The van der Waals surface area contributed by atoms with Gasteiger partial charge in [-0.15, -0.1) is 11.3 Å². The number of hydrogen-bond donors (Lipinski definition) is 1. The molecule has 0 fully saturated rings. The van der Waals surface area contributed by atoms with Gasteiger partial charge in [0.15, 0.2) is 11.4 Å². The average molecular weight is 415 g/mol. The first-order valence-corrected chi connectivity index (χ1v) is 8.98. The Morgan fingerprint density at radius 2 is 2.13 bits per heavy atom. The van der Waals surface area contributed by atoms with E-state index < -0.39 is 11.5 Å². The van der Waals surface area contributed by atoms with E-state index in [4.69, 9.17) is 11.6 Å². The first-order chi connectivity index (χ1) is 10.9. The highest BCUT2D eigenvalue weighted by atomic mass is 79.9. The third-order valence-corrected chi connectivity index (χ3v) is 5.64. The first-order valence-electron chi connectivity index (χ1n) is 6.99. The standard InChI is InChI=1S/C16H13BrClNO3S/c1-2-19-11-4-3-9(17)7-10(11)16(22,15(19)21)8-12(20)13-5-6-14(18)23-13/h3-7,22H,2,8H2,1H3. The molecule has 1 amide bonds. The van der Waals surface area contributed by atoms with Crippen molar-refractivity contribution in [1.29, 1.82) is 0 Å². The van der Waals surface area contributed by atoms with Gasteiger partial charge in [0.2, 0.25) is 0 Å². The van der Waals surface area contributed by atoms with Crippen LogP contribution in [0.15, 0.2) is 34.8 Å². The Hall–Kier alpha value is -1.21. The number of amides is 1. The van der Waals surface area contributed by atoms with Gasteiger partial charge in [0.05, 0.1) is 21.3 Å². The molecule has 4 nitrogen and oxygen atoms in total. The van der Waals surface area contributed by atoms with E-state index in [0.29, 0.717) is 27.0 Å². The van der Waals surface area contributed by atoms with Crippen molar-refractivity contribution in [3.8, 4) is 0 Å². The number of ketones is 1. The van der Waals surface area contributed by atoms with Crippen LogP contribution in [0.25, 0.3) is 0 Å². The molecule has 0 saturated carbocycles. The summed E-state index contributed by atoms with van der Waals surface area (Å²) < 4.78 is 1.24. The molecule has 0 aliphatic carbocycles. The number of carbonyl (C=O) groups excluding carboxylic acids is 2. The minimum Gasteiger partial charge on any atom is -0.375 e. The first kappa shape index (κ1) is 16.6. The molecule has 1 N–H and O–H groups in total. The van der Waals surface area contributed by atoms with Gasteiger partial charge in [-0.3, -0.25) is 9.59 Å². The normalized spacial score (nSPS) is 20.0. The molecule has 2 heterocycles. The highest BCUT2D eigenvalue weighted by molar-refractivity contribution is 9.10. The predicted molar refractivity (Wildman–Crippen MR) is 94.3 cm³/mol. The Morgan fingerprint density at radius 3 is 2.74 bits per heavy atom. The van der Waals surface area contributed by atoms with Crippen molar-refractivity contribution >= 4 is 56.2 Å². The quantitative estimate of drug-likeness (QED) is 0.770. The van der Waals surface area contributed by atoms with Gasteiger partial charge in [0.1, 0.15) is 0 Å². The van der Waals surface area contributed by atoms with Gasteiger partial charge in [-0.1, -0.05) is 27.5 Å². The van der Waals surface area contributed by atoms with E-state index in [1.54, 1.807) is 30.3 Å². The van der Waals surface area contributed by atoms with Crippen LogP contribution in [0.4, 0.5) is 5.69 Å². The molecule has 0 radical (unpaired) electrons. The molecule has 0 bridgehead atoms.